The second-order valence-corrected chi connectivity index (χ2v) is 5.99. The maximum atomic E-state index is 6.04. The Kier molecular flexibility index (Phi) is 7.20. The van der Waals surface area contributed by atoms with Gasteiger partial charge in [-0.1, -0.05) is 39.0 Å². The van der Waals surface area contributed by atoms with Crippen molar-refractivity contribution in [1.29, 1.82) is 0 Å². The second kappa shape index (κ2) is 8.13. The number of ether oxygens (including phenoxy) is 1. The van der Waals surface area contributed by atoms with Crippen LogP contribution in [0, 0.1) is 0 Å². The number of morpholine rings is 1. The van der Waals surface area contributed by atoms with Gasteiger partial charge in [0, 0.05) is 25.2 Å². The van der Waals surface area contributed by atoms with Crippen molar-refractivity contribution < 1.29 is 4.74 Å². The number of hydrogen-bond acceptors (Lipinski definition) is 3. The van der Waals surface area contributed by atoms with E-state index in [1.165, 1.54) is 38.5 Å². The highest BCUT2D eigenvalue weighted by atomic mass is 16.5. The molecule has 0 saturated carbocycles. The standard InChI is InChI=1S/C15H32N2O/c1-4-5-6-7-8-9-15(3,13-16)17-10-11-18-14(2)12-17/h14H,4-13,16H2,1-3H3. The van der Waals surface area contributed by atoms with Gasteiger partial charge in [0.2, 0.25) is 0 Å². The quantitative estimate of drug-likeness (QED) is 0.679. The normalized spacial score (nSPS) is 25.0. The SMILES string of the molecule is CCCCCCCC(C)(CN)N1CCOC(C)C1. The average molecular weight is 256 g/mol. The molecule has 0 aromatic heterocycles. The van der Waals surface area contributed by atoms with Gasteiger partial charge in [-0.3, -0.25) is 4.90 Å². The highest BCUT2D eigenvalue weighted by Crippen LogP contribution is 2.24. The summed E-state index contributed by atoms with van der Waals surface area (Å²) in [4.78, 5) is 2.54. The van der Waals surface area contributed by atoms with Gasteiger partial charge in [-0.25, -0.2) is 0 Å². The summed E-state index contributed by atoms with van der Waals surface area (Å²) in [5.74, 6) is 0. The van der Waals surface area contributed by atoms with Gasteiger partial charge in [0.25, 0.3) is 0 Å². The van der Waals surface area contributed by atoms with E-state index in [-0.39, 0.29) is 5.54 Å². The van der Waals surface area contributed by atoms with Crippen LogP contribution in [-0.4, -0.2) is 42.8 Å². The molecule has 1 saturated heterocycles. The maximum absolute atomic E-state index is 6.04. The van der Waals surface area contributed by atoms with E-state index in [1.54, 1.807) is 0 Å². The van der Waals surface area contributed by atoms with E-state index < -0.39 is 0 Å². The molecule has 0 bridgehead atoms. The predicted molar refractivity (Wildman–Crippen MR) is 77.8 cm³/mol. The summed E-state index contributed by atoms with van der Waals surface area (Å²) in [5.41, 5.74) is 6.21. The fourth-order valence-electron chi connectivity index (χ4n) is 2.81. The van der Waals surface area contributed by atoms with Crippen LogP contribution >= 0.6 is 0 Å². The zero-order chi connectivity index (χ0) is 13.4. The zero-order valence-electron chi connectivity index (χ0n) is 12.6. The van der Waals surface area contributed by atoms with Gasteiger partial charge in [-0.15, -0.1) is 0 Å². The molecule has 18 heavy (non-hydrogen) atoms. The number of nitrogens with zero attached hydrogens (tertiary/aromatic N) is 1. The van der Waals surface area contributed by atoms with Crippen LogP contribution in [0.4, 0.5) is 0 Å². The van der Waals surface area contributed by atoms with Crippen molar-refractivity contribution in [2.75, 3.05) is 26.2 Å². The van der Waals surface area contributed by atoms with E-state index in [0.29, 0.717) is 6.10 Å². The van der Waals surface area contributed by atoms with Crippen LogP contribution in [0.2, 0.25) is 0 Å². The molecular formula is C15H32N2O. The van der Waals surface area contributed by atoms with Gasteiger partial charge in [-0.2, -0.15) is 0 Å². The van der Waals surface area contributed by atoms with Crippen LogP contribution in [-0.2, 0) is 4.74 Å². The van der Waals surface area contributed by atoms with E-state index >= 15 is 0 Å². The molecule has 2 unspecified atom stereocenters. The third kappa shape index (κ3) is 4.87. The van der Waals surface area contributed by atoms with Crippen LogP contribution in [0.3, 0.4) is 0 Å². The van der Waals surface area contributed by atoms with Crippen molar-refractivity contribution >= 4 is 0 Å². The monoisotopic (exact) mass is 256 g/mol. The summed E-state index contributed by atoms with van der Waals surface area (Å²) >= 11 is 0. The Bertz CT molecular complexity index is 223. The van der Waals surface area contributed by atoms with Gasteiger partial charge >= 0.3 is 0 Å². The minimum Gasteiger partial charge on any atom is -0.376 e. The Labute approximate surface area is 113 Å². The maximum Gasteiger partial charge on any atom is 0.0674 e. The topological polar surface area (TPSA) is 38.5 Å². The molecule has 0 aromatic carbocycles. The van der Waals surface area contributed by atoms with E-state index in [0.717, 1.165) is 26.2 Å². The smallest absolute Gasteiger partial charge is 0.0674 e. The zero-order valence-corrected chi connectivity index (χ0v) is 12.6. The van der Waals surface area contributed by atoms with Crippen molar-refractivity contribution in [3.05, 3.63) is 0 Å². The Morgan fingerprint density at radius 2 is 2.00 bits per heavy atom. The number of nitrogens with two attached hydrogens (primary N) is 1. The summed E-state index contributed by atoms with van der Waals surface area (Å²) in [6, 6.07) is 0. The van der Waals surface area contributed by atoms with Gasteiger partial charge in [-0.05, 0) is 20.3 Å². The first-order chi connectivity index (χ1) is 8.62. The van der Waals surface area contributed by atoms with Crippen LogP contribution in [0.5, 0.6) is 0 Å². The molecule has 2 N–H and O–H groups in total. The van der Waals surface area contributed by atoms with Gasteiger partial charge in [0.15, 0.2) is 0 Å². The Morgan fingerprint density at radius 1 is 1.28 bits per heavy atom. The molecule has 0 radical (unpaired) electrons. The molecule has 0 amide bonds. The molecule has 1 rings (SSSR count). The number of rotatable bonds is 8. The lowest BCUT2D eigenvalue weighted by atomic mass is 9.91. The molecule has 108 valence electrons. The van der Waals surface area contributed by atoms with Crippen molar-refractivity contribution in [3.8, 4) is 0 Å². The Morgan fingerprint density at radius 3 is 2.61 bits per heavy atom. The second-order valence-electron chi connectivity index (χ2n) is 5.99. The van der Waals surface area contributed by atoms with Gasteiger partial charge in [0.05, 0.1) is 12.7 Å². The Balaban J connectivity index is 2.35. The molecule has 1 fully saturated rings. The number of hydrogen-bond donors (Lipinski definition) is 1. The van der Waals surface area contributed by atoms with Crippen LogP contribution in [0.25, 0.3) is 0 Å². The van der Waals surface area contributed by atoms with Gasteiger partial charge in [0.1, 0.15) is 0 Å². The largest absolute Gasteiger partial charge is 0.376 e. The average Bonchev–Trinajstić information content (AvgIpc) is 2.38. The van der Waals surface area contributed by atoms with E-state index in [4.69, 9.17) is 10.5 Å². The van der Waals surface area contributed by atoms with Crippen molar-refractivity contribution in [2.24, 2.45) is 5.73 Å². The highest BCUT2D eigenvalue weighted by Gasteiger charge is 2.32. The lowest BCUT2D eigenvalue weighted by Crippen LogP contribution is -2.57. The molecule has 0 aliphatic carbocycles. The first-order valence-corrected chi connectivity index (χ1v) is 7.69. The number of unbranched alkanes of at least 4 members (excludes halogenated alkanes) is 4. The highest BCUT2D eigenvalue weighted by molar-refractivity contribution is 4.89. The molecular weight excluding hydrogens is 224 g/mol. The van der Waals surface area contributed by atoms with Crippen molar-refractivity contribution in [2.45, 2.75) is 70.9 Å². The van der Waals surface area contributed by atoms with Crippen molar-refractivity contribution in [1.82, 2.24) is 4.90 Å². The third-order valence-electron chi connectivity index (χ3n) is 4.26. The summed E-state index contributed by atoms with van der Waals surface area (Å²) < 4.78 is 5.62. The Hall–Kier alpha value is -0.120. The lowest BCUT2D eigenvalue weighted by Gasteiger charge is -2.44. The minimum absolute atomic E-state index is 0.171. The van der Waals surface area contributed by atoms with E-state index in [9.17, 15) is 0 Å². The molecule has 1 heterocycles. The molecule has 1 aliphatic heterocycles. The molecule has 1 aliphatic rings. The minimum atomic E-state index is 0.171. The molecule has 2 atom stereocenters. The first kappa shape index (κ1) is 15.9. The predicted octanol–water partition coefficient (Wildman–Crippen LogP) is 2.79. The summed E-state index contributed by atoms with van der Waals surface area (Å²) in [6.07, 6.45) is 8.28. The van der Waals surface area contributed by atoms with Crippen molar-refractivity contribution in [3.63, 3.8) is 0 Å². The first-order valence-electron chi connectivity index (χ1n) is 7.69. The lowest BCUT2D eigenvalue weighted by molar-refractivity contribution is -0.0586. The molecule has 3 heteroatoms. The summed E-state index contributed by atoms with van der Waals surface area (Å²) in [6.45, 7) is 10.4. The summed E-state index contributed by atoms with van der Waals surface area (Å²) in [7, 11) is 0. The third-order valence-corrected chi connectivity index (χ3v) is 4.26. The molecule has 3 nitrogen and oxygen atoms in total. The van der Waals surface area contributed by atoms with Crippen LogP contribution in [0.15, 0.2) is 0 Å². The van der Waals surface area contributed by atoms with Crippen LogP contribution in [0.1, 0.15) is 59.3 Å². The summed E-state index contributed by atoms with van der Waals surface area (Å²) in [5, 5.41) is 0. The fraction of sp³-hybridized carbons (Fsp3) is 1.00. The fourth-order valence-corrected chi connectivity index (χ4v) is 2.81. The van der Waals surface area contributed by atoms with E-state index in [1.807, 2.05) is 0 Å². The van der Waals surface area contributed by atoms with E-state index in [2.05, 4.69) is 25.7 Å². The molecule has 0 spiro atoms. The van der Waals surface area contributed by atoms with Crippen LogP contribution < -0.4 is 5.73 Å². The molecule has 0 aromatic rings. The van der Waals surface area contributed by atoms with Gasteiger partial charge < -0.3 is 10.5 Å².